The number of methoxy groups -OCH3 is 1. The summed E-state index contributed by atoms with van der Waals surface area (Å²) in [5.74, 6) is 0.477. The van der Waals surface area contributed by atoms with Crippen molar-refractivity contribution in [2.45, 2.75) is 31.7 Å². The van der Waals surface area contributed by atoms with E-state index in [1.807, 2.05) is 9.80 Å². The van der Waals surface area contributed by atoms with Gasteiger partial charge in [0.15, 0.2) is 0 Å². The average molecular weight is 295 g/mol. The summed E-state index contributed by atoms with van der Waals surface area (Å²) in [6, 6.07) is 0.233. The van der Waals surface area contributed by atoms with E-state index in [1.165, 1.54) is 0 Å². The zero-order valence-electron chi connectivity index (χ0n) is 12.8. The van der Waals surface area contributed by atoms with Crippen molar-refractivity contribution in [2.24, 2.45) is 5.41 Å². The van der Waals surface area contributed by atoms with E-state index in [0.717, 1.165) is 32.4 Å². The predicted molar refractivity (Wildman–Crippen MR) is 77.7 cm³/mol. The molecule has 1 atom stereocenters. The quantitative estimate of drug-likeness (QED) is 0.786. The highest BCUT2D eigenvalue weighted by Gasteiger charge is 2.45. The number of hydrogen-bond acceptors (Lipinski definition) is 4. The van der Waals surface area contributed by atoms with Gasteiger partial charge >= 0.3 is 0 Å². The van der Waals surface area contributed by atoms with Gasteiger partial charge in [-0.15, -0.1) is 0 Å². The molecule has 3 rings (SSSR count). The number of nitrogens with one attached hydrogen (secondary N) is 1. The second-order valence-electron chi connectivity index (χ2n) is 6.49. The molecule has 3 saturated heterocycles. The van der Waals surface area contributed by atoms with Gasteiger partial charge in [0, 0.05) is 39.2 Å². The van der Waals surface area contributed by atoms with Crippen LogP contribution < -0.4 is 5.32 Å². The summed E-state index contributed by atoms with van der Waals surface area (Å²) in [4.78, 5) is 28.7. The van der Waals surface area contributed by atoms with Gasteiger partial charge in [0.05, 0.1) is 12.0 Å². The molecule has 3 heterocycles. The molecule has 2 amide bonds. The van der Waals surface area contributed by atoms with Crippen LogP contribution in [0.25, 0.3) is 0 Å². The molecule has 0 spiro atoms. The first-order valence-electron chi connectivity index (χ1n) is 7.95. The van der Waals surface area contributed by atoms with Gasteiger partial charge < -0.3 is 19.9 Å². The third-order valence-corrected chi connectivity index (χ3v) is 5.22. The molecule has 6 heteroatoms. The number of fused-ring (bicyclic) bond motifs is 1. The second kappa shape index (κ2) is 5.93. The van der Waals surface area contributed by atoms with Gasteiger partial charge in [-0.3, -0.25) is 9.59 Å². The van der Waals surface area contributed by atoms with Crippen molar-refractivity contribution in [3.63, 3.8) is 0 Å². The lowest BCUT2D eigenvalue weighted by Gasteiger charge is -2.44. The minimum Gasteiger partial charge on any atom is -0.384 e. The molecule has 3 fully saturated rings. The highest BCUT2D eigenvalue weighted by molar-refractivity contribution is 5.84. The highest BCUT2D eigenvalue weighted by atomic mass is 16.5. The van der Waals surface area contributed by atoms with E-state index in [-0.39, 0.29) is 23.3 Å². The number of carbonyl (C=O) groups excluding carboxylic acids is 2. The number of carbonyl (C=O) groups is 2. The fourth-order valence-electron chi connectivity index (χ4n) is 3.99. The van der Waals surface area contributed by atoms with Gasteiger partial charge in [0.25, 0.3) is 0 Å². The standard InChI is InChI=1S/C15H25N3O3/c1-21-11-15(4-6-16-7-5-15)14(20)17-8-9-18-12(10-17)2-3-13(18)19/h12,16H,2-11H2,1H3. The minimum absolute atomic E-state index is 0.227. The Morgan fingerprint density at radius 2 is 2.14 bits per heavy atom. The largest absolute Gasteiger partial charge is 0.384 e. The van der Waals surface area contributed by atoms with Crippen molar-refractivity contribution in [2.75, 3.05) is 46.4 Å². The van der Waals surface area contributed by atoms with Crippen molar-refractivity contribution in [3.05, 3.63) is 0 Å². The van der Waals surface area contributed by atoms with Gasteiger partial charge in [0.1, 0.15) is 0 Å². The normalized spacial score (nSPS) is 28.6. The molecule has 3 aliphatic heterocycles. The van der Waals surface area contributed by atoms with Crippen LogP contribution in [0.2, 0.25) is 0 Å². The summed E-state index contributed by atoms with van der Waals surface area (Å²) in [5, 5.41) is 3.32. The molecule has 0 aromatic rings. The fourth-order valence-corrected chi connectivity index (χ4v) is 3.99. The predicted octanol–water partition coefficient (Wildman–Crippen LogP) is -0.164. The highest BCUT2D eigenvalue weighted by Crippen LogP contribution is 2.33. The van der Waals surface area contributed by atoms with E-state index in [1.54, 1.807) is 7.11 Å². The lowest BCUT2D eigenvalue weighted by molar-refractivity contribution is -0.152. The number of rotatable bonds is 3. The van der Waals surface area contributed by atoms with Crippen LogP contribution in [0.15, 0.2) is 0 Å². The molecule has 0 saturated carbocycles. The van der Waals surface area contributed by atoms with Crippen LogP contribution in [-0.2, 0) is 14.3 Å². The van der Waals surface area contributed by atoms with E-state index in [4.69, 9.17) is 4.74 Å². The second-order valence-corrected chi connectivity index (χ2v) is 6.49. The molecule has 3 aliphatic rings. The number of piperazine rings is 1. The van der Waals surface area contributed by atoms with Crippen LogP contribution in [0.5, 0.6) is 0 Å². The SMILES string of the molecule is COCC1(C(=O)N2CCN3C(=O)CCC3C2)CCNCC1. The molecular weight excluding hydrogens is 270 g/mol. The smallest absolute Gasteiger partial charge is 0.231 e. The fraction of sp³-hybridized carbons (Fsp3) is 0.867. The number of nitrogens with zero attached hydrogens (tertiary/aromatic N) is 2. The molecule has 0 aliphatic carbocycles. The van der Waals surface area contributed by atoms with Crippen molar-refractivity contribution in [1.82, 2.24) is 15.1 Å². The Bertz CT molecular complexity index is 415. The first-order chi connectivity index (χ1) is 10.2. The Kier molecular flexibility index (Phi) is 4.17. The summed E-state index contributed by atoms with van der Waals surface area (Å²) in [5.41, 5.74) is -0.370. The maximum atomic E-state index is 13.0. The molecular formula is C15H25N3O3. The van der Waals surface area contributed by atoms with E-state index in [0.29, 0.717) is 32.7 Å². The van der Waals surface area contributed by atoms with Crippen molar-refractivity contribution in [3.8, 4) is 0 Å². The zero-order chi connectivity index (χ0) is 14.9. The Morgan fingerprint density at radius 3 is 2.86 bits per heavy atom. The summed E-state index contributed by atoms with van der Waals surface area (Å²) < 4.78 is 5.36. The minimum atomic E-state index is -0.370. The summed E-state index contributed by atoms with van der Waals surface area (Å²) in [7, 11) is 1.67. The Balaban J connectivity index is 1.70. The number of piperidine rings is 1. The maximum absolute atomic E-state index is 13.0. The van der Waals surface area contributed by atoms with Crippen molar-refractivity contribution in [1.29, 1.82) is 0 Å². The van der Waals surface area contributed by atoms with Crippen LogP contribution in [-0.4, -0.2) is 74.1 Å². The molecule has 118 valence electrons. The Morgan fingerprint density at radius 1 is 1.38 bits per heavy atom. The van der Waals surface area contributed by atoms with E-state index >= 15 is 0 Å². The lowest BCUT2D eigenvalue weighted by Crippen LogP contribution is -2.58. The summed E-state index contributed by atoms with van der Waals surface area (Å²) in [6.45, 7) is 4.30. The van der Waals surface area contributed by atoms with Crippen LogP contribution in [0.3, 0.4) is 0 Å². The molecule has 0 bridgehead atoms. The molecule has 0 aromatic carbocycles. The molecule has 6 nitrogen and oxygen atoms in total. The molecule has 21 heavy (non-hydrogen) atoms. The maximum Gasteiger partial charge on any atom is 0.231 e. The van der Waals surface area contributed by atoms with E-state index < -0.39 is 0 Å². The van der Waals surface area contributed by atoms with E-state index in [2.05, 4.69) is 5.32 Å². The molecule has 1 N–H and O–H groups in total. The van der Waals surface area contributed by atoms with Crippen molar-refractivity contribution < 1.29 is 14.3 Å². The Labute approximate surface area is 125 Å². The third kappa shape index (κ3) is 2.66. The van der Waals surface area contributed by atoms with Crippen LogP contribution in [0.4, 0.5) is 0 Å². The summed E-state index contributed by atoms with van der Waals surface area (Å²) >= 11 is 0. The zero-order valence-corrected chi connectivity index (χ0v) is 12.8. The van der Waals surface area contributed by atoms with Gasteiger partial charge in [-0.2, -0.15) is 0 Å². The van der Waals surface area contributed by atoms with Gasteiger partial charge in [0.2, 0.25) is 11.8 Å². The van der Waals surface area contributed by atoms with Gasteiger partial charge in [-0.25, -0.2) is 0 Å². The topological polar surface area (TPSA) is 61.9 Å². The number of hydrogen-bond donors (Lipinski definition) is 1. The first kappa shape index (κ1) is 14.8. The molecule has 0 radical (unpaired) electrons. The van der Waals surface area contributed by atoms with Gasteiger partial charge in [-0.05, 0) is 32.4 Å². The summed E-state index contributed by atoms with van der Waals surface area (Å²) in [6.07, 6.45) is 3.20. The van der Waals surface area contributed by atoms with Gasteiger partial charge in [-0.1, -0.05) is 0 Å². The first-order valence-corrected chi connectivity index (χ1v) is 7.95. The average Bonchev–Trinajstić information content (AvgIpc) is 2.88. The Hall–Kier alpha value is -1.14. The molecule has 1 unspecified atom stereocenters. The monoisotopic (exact) mass is 295 g/mol. The lowest BCUT2D eigenvalue weighted by atomic mass is 9.78. The number of ether oxygens (including phenoxy) is 1. The van der Waals surface area contributed by atoms with Crippen LogP contribution in [0.1, 0.15) is 25.7 Å². The number of amides is 2. The molecule has 0 aromatic heterocycles. The van der Waals surface area contributed by atoms with Crippen LogP contribution >= 0.6 is 0 Å². The van der Waals surface area contributed by atoms with Crippen molar-refractivity contribution >= 4 is 11.8 Å². The van der Waals surface area contributed by atoms with Crippen LogP contribution in [0, 0.1) is 5.41 Å². The third-order valence-electron chi connectivity index (χ3n) is 5.22. The van der Waals surface area contributed by atoms with E-state index in [9.17, 15) is 9.59 Å².